The fraction of sp³-hybridized carbons (Fsp3) is 0.538. The van der Waals surface area contributed by atoms with E-state index in [1.165, 1.54) is 0 Å². The Labute approximate surface area is 103 Å². The third-order valence-electron chi connectivity index (χ3n) is 2.91. The molecule has 1 rings (SSSR count). The number of nitrogens with two attached hydrogens (primary N) is 1. The van der Waals surface area contributed by atoms with E-state index in [0.717, 1.165) is 17.7 Å². The number of aromatic nitrogens is 1. The molecule has 0 spiro atoms. The summed E-state index contributed by atoms with van der Waals surface area (Å²) in [7, 11) is 0. The molecule has 0 fully saturated rings. The zero-order valence-electron chi connectivity index (χ0n) is 10.9. The van der Waals surface area contributed by atoms with Crippen molar-refractivity contribution in [1.29, 1.82) is 0 Å². The number of pyridine rings is 1. The fourth-order valence-electron chi connectivity index (χ4n) is 1.63. The molecule has 0 aromatic carbocycles. The molecule has 4 nitrogen and oxygen atoms in total. The number of aryl methyl sites for hydroxylation is 2. The Balaban J connectivity index is 2.74. The van der Waals surface area contributed by atoms with Gasteiger partial charge in [-0.2, -0.15) is 0 Å². The van der Waals surface area contributed by atoms with Crippen LogP contribution in [0.2, 0.25) is 0 Å². The molecular weight excluding hydrogens is 214 g/mol. The topological polar surface area (TPSA) is 68.0 Å². The Morgan fingerprint density at radius 3 is 2.65 bits per heavy atom. The van der Waals surface area contributed by atoms with Crippen LogP contribution in [0.3, 0.4) is 0 Å². The molecule has 1 aromatic rings. The first-order valence-corrected chi connectivity index (χ1v) is 5.95. The maximum absolute atomic E-state index is 11.9. The van der Waals surface area contributed by atoms with Crippen LogP contribution in [0.4, 0.5) is 5.82 Å². The van der Waals surface area contributed by atoms with Crippen LogP contribution in [-0.2, 0) is 4.79 Å². The Kier molecular flexibility index (Phi) is 4.63. The summed E-state index contributed by atoms with van der Waals surface area (Å²) in [6, 6.07) is 3.32. The summed E-state index contributed by atoms with van der Waals surface area (Å²) in [5.41, 5.74) is 7.82. The van der Waals surface area contributed by atoms with Crippen LogP contribution in [0, 0.1) is 19.8 Å². The number of rotatable bonds is 4. The number of carbonyl (C=O) groups is 1. The molecule has 0 radical (unpaired) electrons. The van der Waals surface area contributed by atoms with Crippen molar-refractivity contribution in [3.05, 3.63) is 23.4 Å². The summed E-state index contributed by atoms with van der Waals surface area (Å²) in [6.07, 6.45) is 0.884. The Hall–Kier alpha value is -1.42. The lowest BCUT2D eigenvalue weighted by Gasteiger charge is -2.17. The Morgan fingerprint density at radius 1 is 1.47 bits per heavy atom. The van der Waals surface area contributed by atoms with E-state index in [1.807, 2.05) is 39.8 Å². The van der Waals surface area contributed by atoms with E-state index in [2.05, 4.69) is 10.3 Å². The monoisotopic (exact) mass is 235 g/mol. The summed E-state index contributed by atoms with van der Waals surface area (Å²) >= 11 is 0. The van der Waals surface area contributed by atoms with Gasteiger partial charge in [-0.05, 0) is 37.5 Å². The molecule has 0 saturated carbocycles. The number of carbonyl (C=O) groups excluding carboxylic acids is 1. The molecule has 0 bridgehead atoms. The van der Waals surface area contributed by atoms with Crippen molar-refractivity contribution < 1.29 is 4.79 Å². The molecule has 1 heterocycles. The van der Waals surface area contributed by atoms with E-state index in [0.29, 0.717) is 5.82 Å². The minimum absolute atomic E-state index is 0.168. The molecule has 17 heavy (non-hydrogen) atoms. The largest absolute Gasteiger partial charge is 0.320 e. The van der Waals surface area contributed by atoms with Crippen LogP contribution >= 0.6 is 0 Å². The molecule has 94 valence electrons. The second kappa shape index (κ2) is 5.77. The first-order chi connectivity index (χ1) is 7.93. The number of hydrogen-bond donors (Lipinski definition) is 2. The maximum Gasteiger partial charge on any atom is 0.242 e. The highest BCUT2D eigenvalue weighted by atomic mass is 16.2. The predicted molar refractivity (Wildman–Crippen MR) is 69.8 cm³/mol. The van der Waals surface area contributed by atoms with Crippen LogP contribution in [0.15, 0.2) is 12.1 Å². The average Bonchev–Trinajstić information content (AvgIpc) is 2.25. The second-order valence-corrected chi connectivity index (χ2v) is 4.57. The van der Waals surface area contributed by atoms with Crippen molar-refractivity contribution in [3.8, 4) is 0 Å². The van der Waals surface area contributed by atoms with Crippen LogP contribution < -0.4 is 11.1 Å². The lowest BCUT2D eigenvalue weighted by atomic mass is 9.99. The van der Waals surface area contributed by atoms with Crippen molar-refractivity contribution >= 4 is 11.7 Å². The predicted octanol–water partition coefficient (Wildman–Crippen LogP) is 2.01. The fourth-order valence-corrected chi connectivity index (χ4v) is 1.63. The molecule has 2 atom stereocenters. The molecule has 0 aliphatic carbocycles. The average molecular weight is 235 g/mol. The molecule has 0 unspecified atom stereocenters. The number of nitrogens with one attached hydrogen (secondary N) is 1. The Morgan fingerprint density at radius 2 is 2.12 bits per heavy atom. The van der Waals surface area contributed by atoms with E-state index >= 15 is 0 Å². The minimum Gasteiger partial charge on any atom is -0.320 e. The SMILES string of the molecule is CC[C@H](C)[C@H](N)C(=O)Nc1cc(C)cc(C)n1. The smallest absolute Gasteiger partial charge is 0.242 e. The van der Waals surface area contributed by atoms with Crippen molar-refractivity contribution in [1.82, 2.24) is 4.98 Å². The molecule has 3 N–H and O–H groups in total. The minimum atomic E-state index is -0.484. The van der Waals surface area contributed by atoms with Gasteiger partial charge in [0, 0.05) is 5.69 Å². The van der Waals surface area contributed by atoms with E-state index in [1.54, 1.807) is 0 Å². The molecule has 1 aromatic heterocycles. The third kappa shape index (κ3) is 3.82. The number of nitrogens with zero attached hydrogens (tertiary/aromatic N) is 1. The highest BCUT2D eigenvalue weighted by Gasteiger charge is 2.19. The molecular formula is C13H21N3O. The van der Waals surface area contributed by atoms with Gasteiger partial charge in [0.1, 0.15) is 5.82 Å². The van der Waals surface area contributed by atoms with Gasteiger partial charge in [0.25, 0.3) is 0 Å². The highest BCUT2D eigenvalue weighted by molar-refractivity contribution is 5.94. The van der Waals surface area contributed by atoms with Gasteiger partial charge in [-0.1, -0.05) is 20.3 Å². The number of anilines is 1. The maximum atomic E-state index is 11.9. The number of amides is 1. The standard InChI is InChI=1S/C13H21N3O/c1-5-9(3)12(14)13(17)16-11-7-8(2)6-10(4)15-11/h6-7,9,12H,5,14H2,1-4H3,(H,15,16,17)/t9-,12-/m0/s1. The van der Waals surface area contributed by atoms with Gasteiger partial charge >= 0.3 is 0 Å². The van der Waals surface area contributed by atoms with Crippen LogP contribution in [0.25, 0.3) is 0 Å². The lowest BCUT2D eigenvalue weighted by molar-refractivity contribution is -0.118. The first kappa shape index (κ1) is 13.6. The second-order valence-electron chi connectivity index (χ2n) is 4.57. The quantitative estimate of drug-likeness (QED) is 0.838. The molecule has 1 amide bonds. The molecule has 0 aliphatic heterocycles. The van der Waals surface area contributed by atoms with E-state index < -0.39 is 6.04 Å². The van der Waals surface area contributed by atoms with Gasteiger partial charge in [-0.3, -0.25) is 4.79 Å². The van der Waals surface area contributed by atoms with Crippen LogP contribution in [-0.4, -0.2) is 16.9 Å². The summed E-state index contributed by atoms with van der Waals surface area (Å²) in [4.78, 5) is 16.1. The van der Waals surface area contributed by atoms with Crippen molar-refractivity contribution in [2.75, 3.05) is 5.32 Å². The molecule has 0 aliphatic rings. The van der Waals surface area contributed by atoms with Gasteiger partial charge in [-0.25, -0.2) is 4.98 Å². The molecule has 4 heteroatoms. The van der Waals surface area contributed by atoms with Crippen molar-refractivity contribution in [2.45, 2.75) is 40.2 Å². The van der Waals surface area contributed by atoms with Crippen LogP contribution in [0.1, 0.15) is 31.5 Å². The molecule has 0 saturated heterocycles. The summed E-state index contributed by atoms with van der Waals surface area (Å²) in [5, 5.41) is 2.76. The van der Waals surface area contributed by atoms with Gasteiger partial charge in [0.2, 0.25) is 5.91 Å². The summed E-state index contributed by atoms with van der Waals surface area (Å²) < 4.78 is 0. The zero-order chi connectivity index (χ0) is 13.0. The third-order valence-corrected chi connectivity index (χ3v) is 2.91. The van der Waals surface area contributed by atoms with E-state index in [9.17, 15) is 4.79 Å². The lowest BCUT2D eigenvalue weighted by Crippen LogP contribution is -2.40. The summed E-state index contributed by atoms with van der Waals surface area (Å²) in [6.45, 7) is 7.86. The van der Waals surface area contributed by atoms with E-state index in [-0.39, 0.29) is 11.8 Å². The van der Waals surface area contributed by atoms with Gasteiger partial charge in [0.15, 0.2) is 0 Å². The van der Waals surface area contributed by atoms with Gasteiger partial charge in [-0.15, -0.1) is 0 Å². The zero-order valence-corrected chi connectivity index (χ0v) is 10.9. The van der Waals surface area contributed by atoms with Gasteiger partial charge in [0.05, 0.1) is 6.04 Å². The van der Waals surface area contributed by atoms with Crippen LogP contribution in [0.5, 0.6) is 0 Å². The highest BCUT2D eigenvalue weighted by Crippen LogP contribution is 2.11. The first-order valence-electron chi connectivity index (χ1n) is 5.95. The van der Waals surface area contributed by atoms with Gasteiger partial charge < -0.3 is 11.1 Å². The summed E-state index contributed by atoms with van der Waals surface area (Å²) in [5.74, 6) is 0.573. The van der Waals surface area contributed by atoms with Crippen molar-refractivity contribution in [3.63, 3.8) is 0 Å². The number of hydrogen-bond acceptors (Lipinski definition) is 3. The van der Waals surface area contributed by atoms with Crippen molar-refractivity contribution in [2.24, 2.45) is 11.7 Å². The Bertz CT molecular complexity index is 383. The van der Waals surface area contributed by atoms with E-state index in [4.69, 9.17) is 5.73 Å². The normalized spacial score (nSPS) is 14.2.